The van der Waals surface area contributed by atoms with Crippen molar-refractivity contribution < 1.29 is 19.1 Å². The molecule has 0 aromatic heterocycles. The van der Waals surface area contributed by atoms with E-state index in [9.17, 15) is 14.4 Å². The fourth-order valence-corrected chi connectivity index (χ4v) is 5.70. The first-order valence-corrected chi connectivity index (χ1v) is 11.6. The number of ether oxygens (including phenoxy) is 1. The summed E-state index contributed by atoms with van der Waals surface area (Å²) in [6.45, 7) is 0. The number of thioether (sulfide) groups is 1. The maximum atomic E-state index is 13.3. The Morgan fingerprint density at radius 1 is 1.17 bits per heavy atom. The van der Waals surface area contributed by atoms with Crippen LogP contribution in [-0.2, 0) is 19.1 Å². The molecule has 30 heavy (non-hydrogen) atoms. The summed E-state index contributed by atoms with van der Waals surface area (Å²) in [6.07, 6.45) is -0.0829. The van der Waals surface area contributed by atoms with Gasteiger partial charge in [-0.1, -0.05) is 76.6 Å². The number of hydrogen-bond donors (Lipinski definition) is 1. The van der Waals surface area contributed by atoms with Gasteiger partial charge in [0.25, 0.3) is 5.91 Å². The Bertz CT molecular complexity index is 944. The minimum atomic E-state index is -0.619. The maximum absolute atomic E-state index is 13.3. The SMILES string of the molecule is O=CNC1C(=O)N2C(C(=O)OC(c3ccccc3)c3ccccc3)=C(CBr)CS[C@H]12. The van der Waals surface area contributed by atoms with Gasteiger partial charge in [0.15, 0.2) is 6.10 Å². The fourth-order valence-electron chi connectivity index (χ4n) is 3.62. The lowest BCUT2D eigenvalue weighted by atomic mass is 10.0. The molecule has 0 bridgehead atoms. The molecule has 8 heteroatoms. The van der Waals surface area contributed by atoms with Crippen molar-refractivity contribution in [1.29, 1.82) is 0 Å². The third-order valence-electron chi connectivity index (χ3n) is 5.08. The Morgan fingerprint density at radius 2 is 1.77 bits per heavy atom. The number of rotatable bonds is 7. The monoisotopic (exact) mass is 486 g/mol. The normalized spacial score (nSPS) is 20.5. The zero-order valence-electron chi connectivity index (χ0n) is 15.9. The maximum Gasteiger partial charge on any atom is 0.356 e. The second-order valence-electron chi connectivity index (χ2n) is 6.86. The van der Waals surface area contributed by atoms with Gasteiger partial charge < -0.3 is 10.1 Å². The first-order chi connectivity index (χ1) is 14.7. The van der Waals surface area contributed by atoms with Gasteiger partial charge in [-0.2, -0.15) is 0 Å². The zero-order valence-corrected chi connectivity index (χ0v) is 18.3. The number of β-lactam (4-membered cyclic amide) rings is 1. The van der Waals surface area contributed by atoms with Crippen LogP contribution in [0.15, 0.2) is 71.9 Å². The van der Waals surface area contributed by atoms with E-state index in [4.69, 9.17) is 4.74 Å². The predicted octanol–water partition coefficient (Wildman–Crippen LogP) is 3.00. The number of esters is 1. The third kappa shape index (κ3) is 3.77. The standard InChI is InChI=1S/C22H19BrN2O4S/c23-11-16-12-30-21-17(24-13-26)20(27)25(21)18(16)22(28)29-19(14-7-3-1-4-8-14)15-9-5-2-6-10-15/h1-10,13,17,19,21H,11-12H2,(H,24,26)/t17?,21-/m1/s1. The number of halogens is 1. The van der Waals surface area contributed by atoms with E-state index in [1.165, 1.54) is 16.7 Å². The van der Waals surface area contributed by atoms with Crippen molar-refractivity contribution in [2.75, 3.05) is 11.1 Å². The van der Waals surface area contributed by atoms with Gasteiger partial charge in [0.1, 0.15) is 17.1 Å². The summed E-state index contributed by atoms with van der Waals surface area (Å²) in [5.41, 5.74) is 2.74. The molecule has 1 unspecified atom stereocenters. The summed E-state index contributed by atoms with van der Waals surface area (Å²) in [6, 6.07) is 18.4. The van der Waals surface area contributed by atoms with Gasteiger partial charge in [-0.25, -0.2) is 4.79 Å². The largest absolute Gasteiger partial charge is 0.448 e. The van der Waals surface area contributed by atoms with Crippen molar-refractivity contribution in [1.82, 2.24) is 10.2 Å². The molecular weight excluding hydrogens is 468 g/mol. The summed E-state index contributed by atoms with van der Waals surface area (Å²) >= 11 is 4.94. The van der Waals surface area contributed by atoms with Crippen molar-refractivity contribution in [3.8, 4) is 0 Å². The van der Waals surface area contributed by atoms with Gasteiger partial charge in [-0.3, -0.25) is 14.5 Å². The van der Waals surface area contributed by atoms with E-state index in [-0.39, 0.29) is 17.0 Å². The van der Waals surface area contributed by atoms with Crippen LogP contribution in [0, 0.1) is 0 Å². The number of nitrogens with one attached hydrogen (secondary N) is 1. The van der Waals surface area contributed by atoms with Gasteiger partial charge in [-0.15, -0.1) is 11.8 Å². The van der Waals surface area contributed by atoms with Crippen molar-refractivity contribution in [3.63, 3.8) is 0 Å². The van der Waals surface area contributed by atoms with Crippen LogP contribution in [0.25, 0.3) is 0 Å². The zero-order chi connectivity index (χ0) is 21.1. The van der Waals surface area contributed by atoms with Crippen LogP contribution in [-0.4, -0.2) is 45.7 Å². The molecule has 6 nitrogen and oxygen atoms in total. The van der Waals surface area contributed by atoms with Crippen molar-refractivity contribution in [2.45, 2.75) is 17.5 Å². The number of hydrogen-bond acceptors (Lipinski definition) is 5. The van der Waals surface area contributed by atoms with E-state index in [0.717, 1.165) is 16.7 Å². The summed E-state index contributed by atoms with van der Waals surface area (Å²) < 4.78 is 5.98. The molecule has 1 N–H and O–H groups in total. The summed E-state index contributed by atoms with van der Waals surface area (Å²) in [5, 5.41) is 2.68. The smallest absolute Gasteiger partial charge is 0.356 e. The molecule has 0 aliphatic carbocycles. The molecule has 2 aliphatic heterocycles. The van der Waals surface area contributed by atoms with Gasteiger partial charge in [0.2, 0.25) is 6.41 Å². The molecule has 1 fully saturated rings. The highest BCUT2D eigenvalue weighted by Gasteiger charge is 2.53. The first kappa shape index (κ1) is 20.7. The molecular formula is C22H19BrN2O4S. The summed E-state index contributed by atoms with van der Waals surface area (Å²) in [7, 11) is 0. The van der Waals surface area contributed by atoms with Gasteiger partial charge in [0.05, 0.1) is 0 Å². The lowest BCUT2D eigenvalue weighted by Crippen LogP contribution is -2.69. The van der Waals surface area contributed by atoms with E-state index in [1.807, 2.05) is 60.7 Å². The minimum absolute atomic E-state index is 0.265. The Morgan fingerprint density at radius 3 is 2.30 bits per heavy atom. The molecule has 154 valence electrons. The Kier molecular flexibility index (Phi) is 6.24. The molecule has 2 amide bonds. The third-order valence-corrected chi connectivity index (χ3v) is 7.10. The first-order valence-electron chi connectivity index (χ1n) is 9.39. The van der Waals surface area contributed by atoms with Crippen LogP contribution in [0.3, 0.4) is 0 Å². The number of benzene rings is 2. The lowest BCUT2D eigenvalue weighted by Gasteiger charge is -2.49. The highest BCUT2D eigenvalue weighted by molar-refractivity contribution is 9.09. The van der Waals surface area contributed by atoms with Crippen LogP contribution in [0.4, 0.5) is 0 Å². The second-order valence-corrected chi connectivity index (χ2v) is 8.53. The topological polar surface area (TPSA) is 75.7 Å². The Labute approximate surface area is 186 Å². The van der Waals surface area contributed by atoms with E-state index in [1.54, 1.807) is 0 Å². The molecule has 2 heterocycles. The molecule has 1 saturated heterocycles. The highest BCUT2D eigenvalue weighted by atomic mass is 79.9. The molecule has 0 saturated carbocycles. The van der Waals surface area contributed by atoms with E-state index in [2.05, 4.69) is 21.2 Å². The van der Waals surface area contributed by atoms with Crippen molar-refractivity contribution in [2.24, 2.45) is 0 Å². The average Bonchev–Trinajstić information content (AvgIpc) is 2.80. The molecule has 2 aliphatic rings. The van der Waals surface area contributed by atoms with Gasteiger partial charge in [-0.05, 0) is 16.7 Å². The van der Waals surface area contributed by atoms with Crippen LogP contribution < -0.4 is 5.32 Å². The summed E-state index contributed by atoms with van der Waals surface area (Å²) in [4.78, 5) is 38.2. The van der Waals surface area contributed by atoms with Crippen molar-refractivity contribution >= 4 is 46.0 Å². The number of carbonyl (C=O) groups excluding carboxylic acids is 3. The number of amides is 2. The molecule has 0 spiro atoms. The van der Waals surface area contributed by atoms with E-state index in [0.29, 0.717) is 17.5 Å². The molecule has 2 aromatic rings. The Balaban J connectivity index is 1.65. The van der Waals surface area contributed by atoms with Crippen LogP contribution in [0.5, 0.6) is 0 Å². The van der Waals surface area contributed by atoms with E-state index >= 15 is 0 Å². The number of fused-ring (bicyclic) bond motifs is 1. The lowest BCUT2D eigenvalue weighted by molar-refractivity contribution is -0.154. The average molecular weight is 487 g/mol. The Hall–Kier alpha value is -2.58. The number of alkyl halides is 1. The molecule has 2 atom stereocenters. The van der Waals surface area contributed by atoms with Crippen LogP contribution in [0.2, 0.25) is 0 Å². The summed E-state index contributed by atoms with van der Waals surface area (Å²) in [5.74, 6) is -0.284. The van der Waals surface area contributed by atoms with Crippen LogP contribution in [0.1, 0.15) is 17.2 Å². The fraction of sp³-hybridized carbons (Fsp3) is 0.227. The highest BCUT2D eigenvalue weighted by Crippen LogP contribution is 2.41. The second kappa shape index (κ2) is 9.06. The number of nitrogens with zero attached hydrogens (tertiary/aromatic N) is 1. The van der Waals surface area contributed by atoms with Crippen LogP contribution >= 0.6 is 27.7 Å². The molecule has 0 radical (unpaired) electrons. The molecule has 2 aromatic carbocycles. The van der Waals surface area contributed by atoms with E-state index < -0.39 is 18.1 Å². The van der Waals surface area contributed by atoms with Crippen molar-refractivity contribution in [3.05, 3.63) is 83.1 Å². The van der Waals surface area contributed by atoms with Gasteiger partial charge in [0, 0.05) is 11.1 Å². The predicted molar refractivity (Wildman–Crippen MR) is 118 cm³/mol. The molecule has 4 rings (SSSR count). The van der Waals surface area contributed by atoms with Gasteiger partial charge >= 0.3 is 5.97 Å². The quantitative estimate of drug-likeness (QED) is 0.281. The minimum Gasteiger partial charge on any atom is -0.448 e. The number of carbonyl (C=O) groups is 3.